The van der Waals surface area contributed by atoms with E-state index < -0.39 is 37.0 Å². The molecule has 266 valence electrons. The van der Waals surface area contributed by atoms with Crippen LogP contribution in [0.4, 0.5) is 0 Å². The number of aliphatic carboxylic acids is 2. The Morgan fingerprint density at radius 2 is 1.04 bits per heavy atom. The molecule has 2 heterocycles. The van der Waals surface area contributed by atoms with Gasteiger partial charge in [0.2, 0.25) is 11.8 Å². The number of carboxylic acid groups (broad SMARTS) is 2. The van der Waals surface area contributed by atoms with Gasteiger partial charge in [-0.15, -0.1) is 0 Å². The topological polar surface area (TPSA) is 183 Å². The number of ether oxygens (including phenoxy) is 2. The number of methoxy groups -OCH3 is 2. The van der Waals surface area contributed by atoms with Crippen molar-refractivity contribution in [3.8, 4) is 45.4 Å². The standard InChI is InChI=1S/C34H34Cl4N4O8/c1-49-33-17(13-39-15-19(43)11-27(45)46)9-25(35)31(41-33)23-7-3-5-21(29(23)37)22-6-4-8-24(30(22)38)32-26(36)10-18(34(42-32)50-2)14-40-16-20(44)12-28(47)48/h3-10,19-20,39-40,43-44H,11-16H2,1-2H3,(H,45,46)(H,47,48)/t19-,20-/m0/s1. The van der Waals surface area contributed by atoms with Crippen molar-refractivity contribution in [1.29, 1.82) is 0 Å². The number of pyridine rings is 2. The average molecular weight is 768 g/mol. The summed E-state index contributed by atoms with van der Waals surface area (Å²) in [6.45, 7) is 0.493. The molecule has 0 saturated heterocycles. The smallest absolute Gasteiger partial charge is 0.306 e. The van der Waals surface area contributed by atoms with E-state index in [0.717, 1.165) is 0 Å². The maximum Gasteiger partial charge on any atom is 0.306 e. The molecule has 2 aromatic carbocycles. The van der Waals surface area contributed by atoms with Gasteiger partial charge in [-0.1, -0.05) is 82.8 Å². The van der Waals surface area contributed by atoms with E-state index in [1.807, 2.05) is 0 Å². The van der Waals surface area contributed by atoms with E-state index in [0.29, 0.717) is 54.8 Å². The molecule has 0 aliphatic heterocycles. The summed E-state index contributed by atoms with van der Waals surface area (Å²) in [6, 6.07) is 14.0. The van der Waals surface area contributed by atoms with E-state index in [1.54, 1.807) is 48.5 Å². The number of aliphatic hydroxyl groups excluding tert-OH is 2. The first kappa shape index (κ1) is 39.1. The summed E-state index contributed by atoms with van der Waals surface area (Å²) in [7, 11) is 2.91. The molecular formula is C34H34Cl4N4O8. The minimum Gasteiger partial charge on any atom is -0.481 e. The van der Waals surface area contributed by atoms with Crippen LogP contribution in [0.1, 0.15) is 24.0 Å². The molecule has 6 N–H and O–H groups in total. The first-order valence-corrected chi connectivity index (χ1v) is 16.6. The fourth-order valence-corrected chi connectivity index (χ4v) is 6.33. The molecule has 4 rings (SSSR count). The van der Waals surface area contributed by atoms with Crippen molar-refractivity contribution in [3.05, 3.63) is 79.7 Å². The summed E-state index contributed by atoms with van der Waals surface area (Å²) in [5, 5.41) is 44.6. The van der Waals surface area contributed by atoms with Crippen LogP contribution >= 0.6 is 46.4 Å². The second-order valence-corrected chi connectivity index (χ2v) is 12.6. The van der Waals surface area contributed by atoms with Gasteiger partial charge in [0.1, 0.15) is 0 Å². The first-order valence-electron chi connectivity index (χ1n) is 15.1. The monoisotopic (exact) mass is 766 g/mol. The third kappa shape index (κ3) is 9.74. The number of nitrogens with zero attached hydrogens (tertiary/aromatic N) is 2. The van der Waals surface area contributed by atoms with Gasteiger partial charge < -0.3 is 40.5 Å². The highest BCUT2D eigenvalue weighted by Crippen LogP contribution is 2.44. The van der Waals surface area contributed by atoms with Crippen LogP contribution < -0.4 is 20.1 Å². The molecule has 0 radical (unpaired) electrons. The molecule has 0 unspecified atom stereocenters. The molecule has 2 aromatic heterocycles. The van der Waals surface area contributed by atoms with Gasteiger partial charge in [0.15, 0.2) is 0 Å². The lowest BCUT2D eigenvalue weighted by Crippen LogP contribution is -2.28. The van der Waals surface area contributed by atoms with Gasteiger partial charge in [-0.3, -0.25) is 9.59 Å². The lowest BCUT2D eigenvalue weighted by atomic mass is 9.98. The fourth-order valence-electron chi connectivity index (χ4n) is 5.14. The maximum atomic E-state index is 10.8. The summed E-state index contributed by atoms with van der Waals surface area (Å²) < 4.78 is 11.0. The van der Waals surface area contributed by atoms with Gasteiger partial charge in [-0.25, -0.2) is 9.97 Å². The van der Waals surface area contributed by atoms with Crippen LogP contribution in [0.3, 0.4) is 0 Å². The number of nitrogens with one attached hydrogen (secondary N) is 2. The third-order valence-corrected chi connectivity index (χ3v) is 8.82. The summed E-state index contributed by atoms with van der Waals surface area (Å²) in [4.78, 5) is 30.9. The highest BCUT2D eigenvalue weighted by atomic mass is 35.5. The molecule has 0 bridgehead atoms. The molecule has 0 aliphatic carbocycles. The highest BCUT2D eigenvalue weighted by molar-refractivity contribution is 6.41. The van der Waals surface area contributed by atoms with Gasteiger partial charge in [-0.2, -0.15) is 0 Å². The van der Waals surface area contributed by atoms with Gasteiger partial charge >= 0.3 is 11.9 Å². The van der Waals surface area contributed by atoms with Crippen molar-refractivity contribution in [1.82, 2.24) is 20.6 Å². The number of aromatic nitrogens is 2. The predicted molar refractivity (Wildman–Crippen MR) is 191 cm³/mol. The van der Waals surface area contributed by atoms with E-state index >= 15 is 0 Å². The van der Waals surface area contributed by atoms with Gasteiger partial charge in [0.25, 0.3) is 0 Å². The fraction of sp³-hybridized carbons (Fsp3) is 0.294. The molecule has 50 heavy (non-hydrogen) atoms. The van der Waals surface area contributed by atoms with Crippen LogP contribution in [-0.2, 0) is 22.7 Å². The summed E-state index contributed by atoms with van der Waals surface area (Å²) in [5.74, 6) is -1.69. The Kier molecular flexibility index (Phi) is 14.0. The zero-order valence-electron chi connectivity index (χ0n) is 26.8. The molecule has 16 heteroatoms. The van der Waals surface area contributed by atoms with Crippen molar-refractivity contribution < 1.29 is 39.5 Å². The van der Waals surface area contributed by atoms with Crippen LogP contribution in [0.15, 0.2) is 48.5 Å². The quantitative estimate of drug-likeness (QED) is 0.0743. The molecule has 2 atom stereocenters. The number of carbonyl (C=O) groups is 2. The lowest BCUT2D eigenvalue weighted by Gasteiger charge is -2.17. The Labute approximate surface area is 307 Å². The summed E-state index contributed by atoms with van der Waals surface area (Å²) in [5.41, 5.74) is 4.05. The Balaban J connectivity index is 1.64. The largest absolute Gasteiger partial charge is 0.481 e. The minimum absolute atomic E-state index is 0.0403. The Morgan fingerprint density at radius 1 is 0.680 bits per heavy atom. The Hall–Kier alpha value is -3.72. The van der Waals surface area contributed by atoms with Crippen LogP contribution in [0.2, 0.25) is 20.1 Å². The normalized spacial score (nSPS) is 12.4. The lowest BCUT2D eigenvalue weighted by molar-refractivity contribution is -0.140. The van der Waals surface area contributed by atoms with E-state index in [-0.39, 0.29) is 48.0 Å². The molecule has 0 amide bonds. The second-order valence-electron chi connectivity index (χ2n) is 11.1. The molecule has 0 aliphatic rings. The van der Waals surface area contributed by atoms with E-state index in [1.165, 1.54) is 14.2 Å². The maximum absolute atomic E-state index is 10.8. The molecule has 0 fully saturated rings. The van der Waals surface area contributed by atoms with Crippen LogP contribution in [-0.4, -0.2) is 81.8 Å². The van der Waals surface area contributed by atoms with Crippen molar-refractivity contribution in [2.75, 3.05) is 27.3 Å². The number of halogens is 4. The number of hydrogen-bond acceptors (Lipinski definition) is 10. The molecule has 0 saturated carbocycles. The zero-order valence-corrected chi connectivity index (χ0v) is 29.9. The third-order valence-electron chi connectivity index (χ3n) is 7.43. The predicted octanol–water partition coefficient (Wildman–Crippen LogP) is 5.96. The summed E-state index contributed by atoms with van der Waals surface area (Å²) in [6.07, 6.45) is -2.92. The molecular weight excluding hydrogens is 734 g/mol. The van der Waals surface area contributed by atoms with Crippen LogP contribution in [0, 0.1) is 0 Å². The van der Waals surface area contributed by atoms with Crippen molar-refractivity contribution >= 4 is 58.3 Å². The second kappa shape index (κ2) is 18.0. The zero-order chi connectivity index (χ0) is 36.5. The first-order chi connectivity index (χ1) is 23.8. The molecule has 12 nitrogen and oxygen atoms in total. The van der Waals surface area contributed by atoms with E-state index in [2.05, 4.69) is 20.6 Å². The van der Waals surface area contributed by atoms with E-state index in [9.17, 15) is 19.8 Å². The van der Waals surface area contributed by atoms with Crippen molar-refractivity contribution in [3.63, 3.8) is 0 Å². The van der Waals surface area contributed by atoms with Gasteiger partial charge in [0.05, 0.1) is 70.7 Å². The van der Waals surface area contributed by atoms with E-state index in [4.69, 9.17) is 66.1 Å². The minimum atomic E-state index is -1.10. The number of hydrogen-bond donors (Lipinski definition) is 6. The van der Waals surface area contributed by atoms with Crippen LogP contribution in [0.25, 0.3) is 33.6 Å². The highest BCUT2D eigenvalue weighted by Gasteiger charge is 2.22. The number of benzene rings is 2. The van der Waals surface area contributed by atoms with Crippen molar-refractivity contribution in [2.45, 2.75) is 38.1 Å². The number of aliphatic hydroxyl groups is 2. The number of carboxylic acids is 2. The SMILES string of the molecule is COc1nc(-c2cccc(-c3cccc(-c4nc(OC)c(CNC[C@@H](O)CC(=O)O)cc4Cl)c3Cl)c2Cl)c(Cl)cc1CNC[C@@H](O)CC(=O)O. The molecule has 4 aromatic rings. The molecule has 0 spiro atoms. The Bertz CT molecular complexity index is 1730. The van der Waals surface area contributed by atoms with Gasteiger partial charge in [-0.05, 0) is 12.1 Å². The Morgan fingerprint density at radius 3 is 1.38 bits per heavy atom. The summed E-state index contributed by atoms with van der Waals surface area (Å²) >= 11 is 27.4. The van der Waals surface area contributed by atoms with Crippen molar-refractivity contribution in [2.24, 2.45) is 0 Å². The average Bonchev–Trinajstić information content (AvgIpc) is 3.05. The number of rotatable bonds is 17. The van der Waals surface area contributed by atoms with Gasteiger partial charge in [0, 0.05) is 59.6 Å². The van der Waals surface area contributed by atoms with Crippen LogP contribution in [0.5, 0.6) is 11.8 Å².